The van der Waals surface area contributed by atoms with E-state index in [2.05, 4.69) is 39.8 Å². The van der Waals surface area contributed by atoms with Crippen LogP contribution < -0.4 is 5.73 Å². The van der Waals surface area contributed by atoms with E-state index in [-0.39, 0.29) is 6.04 Å². The Morgan fingerprint density at radius 3 is 1.93 bits per heavy atom. The molecule has 1 nitrogen and oxygen atoms in total. The molecule has 15 heavy (non-hydrogen) atoms. The number of aryl methyl sites for hydroxylation is 3. The van der Waals surface area contributed by atoms with Crippen LogP contribution in [0, 0.1) is 20.8 Å². The average molecular weight is 203 g/mol. The second kappa shape index (κ2) is 3.34. The summed E-state index contributed by atoms with van der Waals surface area (Å²) >= 11 is 0. The molecule has 0 bridgehead atoms. The highest BCUT2D eigenvalue weighted by molar-refractivity contribution is 5.46. The van der Waals surface area contributed by atoms with Crippen LogP contribution >= 0.6 is 0 Å². The predicted octanol–water partition coefficient (Wildman–Crippen LogP) is 2.99. The molecule has 0 radical (unpaired) electrons. The standard InChI is InChI=1S/C14H21N/c1-9-7-10(2)13(11(3)8-9)14(5-6-14)12(4)15/h7-8,12H,5-6,15H2,1-4H3. The fraction of sp³-hybridized carbons (Fsp3) is 0.571. The Morgan fingerprint density at radius 1 is 1.13 bits per heavy atom. The highest BCUT2D eigenvalue weighted by Crippen LogP contribution is 2.52. The molecule has 1 atom stereocenters. The Bertz CT molecular complexity index is 363. The summed E-state index contributed by atoms with van der Waals surface area (Å²) in [7, 11) is 0. The largest absolute Gasteiger partial charge is 0.327 e. The van der Waals surface area contributed by atoms with E-state index in [1.165, 1.54) is 35.1 Å². The Kier molecular flexibility index (Phi) is 2.38. The van der Waals surface area contributed by atoms with Crippen molar-refractivity contribution in [1.82, 2.24) is 0 Å². The van der Waals surface area contributed by atoms with Crippen molar-refractivity contribution >= 4 is 0 Å². The molecule has 1 aromatic carbocycles. The SMILES string of the molecule is Cc1cc(C)c(C2(C(C)N)CC2)c(C)c1. The minimum absolute atomic E-state index is 0.276. The summed E-state index contributed by atoms with van der Waals surface area (Å²) < 4.78 is 0. The van der Waals surface area contributed by atoms with Gasteiger partial charge in [-0.1, -0.05) is 17.7 Å². The summed E-state index contributed by atoms with van der Waals surface area (Å²) in [5, 5.41) is 0. The summed E-state index contributed by atoms with van der Waals surface area (Å²) in [4.78, 5) is 0. The molecular weight excluding hydrogens is 182 g/mol. The molecule has 1 aromatic rings. The van der Waals surface area contributed by atoms with Crippen LogP contribution in [0.3, 0.4) is 0 Å². The molecule has 1 heteroatoms. The van der Waals surface area contributed by atoms with Crippen molar-refractivity contribution in [3.8, 4) is 0 Å². The molecule has 2 N–H and O–H groups in total. The lowest BCUT2D eigenvalue weighted by Crippen LogP contribution is -2.32. The molecule has 2 rings (SSSR count). The molecule has 1 unspecified atom stereocenters. The van der Waals surface area contributed by atoms with Crippen LogP contribution in [0.4, 0.5) is 0 Å². The maximum atomic E-state index is 6.14. The van der Waals surface area contributed by atoms with E-state index in [1.54, 1.807) is 0 Å². The van der Waals surface area contributed by atoms with E-state index in [4.69, 9.17) is 5.73 Å². The van der Waals surface area contributed by atoms with Crippen LogP contribution in [0.1, 0.15) is 42.0 Å². The smallest absolute Gasteiger partial charge is 0.0108 e. The van der Waals surface area contributed by atoms with E-state index in [0.717, 1.165) is 0 Å². The second-order valence-corrected chi connectivity index (χ2v) is 5.22. The van der Waals surface area contributed by atoms with E-state index < -0.39 is 0 Å². The number of benzene rings is 1. The molecule has 1 aliphatic carbocycles. The van der Waals surface area contributed by atoms with Crippen molar-refractivity contribution in [1.29, 1.82) is 0 Å². The molecule has 1 aliphatic rings. The average Bonchev–Trinajstić information content (AvgIpc) is 2.83. The van der Waals surface area contributed by atoms with Gasteiger partial charge in [-0.2, -0.15) is 0 Å². The van der Waals surface area contributed by atoms with Gasteiger partial charge in [0, 0.05) is 11.5 Å². The third-order valence-corrected chi connectivity index (χ3v) is 3.84. The third kappa shape index (κ3) is 1.59. The highest BCUT2D eigenvalue weighted by Gasteiger charge is 2.48. The van der Waals surface area contributed by atoms with Gasteiger partial charge in [0.15, 0.2) is 0 Å². The van der Waals surface area contributed by atoms with Gasteiger partial charge >= 0.3 is 0 Å². The molecule has 0 aromatic heterocycles. The molecule has 0 heterocycles. The number of rotatable bonds is 2. The number of hydrogen-bond donors (Lipinski definition) is 1. The predicted molar refractivity (Wildman–Crippen MR) is 65.2 cm³/mol. The highest BCUT2D eigenvalue weighted by atomic mass is 14.7. The molecule has 1 fully saturated rings. The maximum Gasteiger partial charge on any atom is 0.0108 e. The second-order valence-electron chi connectivity index (χ2n) is 5.22. The molecule has 82 valence electrons. The van der Waals surface area contributed by atoms with Crippen LogP contribution in [-0.4, -0.2) is 6.04 Å². The summed E-state index contributed by atoms with van der Waals surface area (Å²) in [6.45, 7) is 8.75. The fourth-order valence-electron chi connectivity index (χ4n) is 3.03. The Morgan fingerprint density at radius 2 is 1.60 bits per heavy atom. The summed E-state index contributed by atoms with van der Waals surface area (Å²) in [5.74, 6) is 0. The van der Waals surface area contributed by atoms with E-state index in [9.17, 15) is 0 Å². The first-order valence-corrected chi connectivity index (χ1v) is 5.81. The van der Waals surface area contributed by atoms with Crippen molar-refractivity contribution in [3.63, 3.8) is 0 Å². The lowest BCUT2D eigenvalue weighted by Gasteiger charge is -2.25. The zero-order valence-electron chi connectivity index (χ0n) is 10.2. The van der Waals surface area contributed by atoms with Gasteiger partial charge in [-0.15, -0.1) is 0 Å². The van der Waals surface area contributed by atoms with Gasteiger partial charge < -0.3 is 5.73 Å². The Labute approximate surface area is 92.7 Å². The van der Waals surface area contributed by atoms with Gasteiger partial charge in [0.2, 0.25) is 0 Å². The minimum atomic E-state index is 0.276. The zero-order chi connectivity index (χ0) is 11.2. The third-order valence-electron chi connectivity index (χ3n) is 3.84. The van der Waals surface area contributed by atoms with Crippen LogP contribution in [0.15, 0.2) is 12.1 Å². The molecule has 0 saturated heterocycles. The first-order chi connectivity index (χ1) is 6.97. The normalized spacial score (nSPS) is 20.1. The summed E-state index contributed by atoms with van der Waals surface area (Å²) in [6, 6.07) is 4.84. The quantitative estimate of drug-likeness (QED) is 0.785. The van der Waals surface area contributed by atoms with Gasteiger partial charge in [-0.05, 0) is 57.2 Å². The van der Waals surface area contributed by atoms with Gasteiger partial charge in [0.1, 0.15) is 0 Å². The lowest BCUT2D eigenvalue weighted by molar-refractivity contribution is 0.551. The van der Waals surface area contributed by atoms with Crippen molar-refractivity contribution in [2.75, 3.05) is 0 Å². The summed E-state index contributed by atoms with van der Waals surface area (Å²) in [5.41, 5.74) is 12.1. The molecule has 0 aliphatic heterocycles. The topological polar surface area (TPSA) is 26.0 Å². The van der Waals surface area contributed by atoms with E-state index >= 15 is 0 Å². The first kappa shape index (κ1) is 10.7. The van der Waals surface area contributed by atoms with Crippen LogP contribution in [0.5, 0.6) is 0 Å². The van der Waals surface area contributed by atoms with Crippen LogP contribution in [-0.2, 0) is 5.41 Å². The fourth-order valence-corrected chi connectivity index (χ4v) is 3.03. The monoisotopic (exact) mass is 203 g/mol. The minimum Gasteiger partial charge on any atom is -0.327 e. The molecular formula is C14H21N. The van der Waals surface area contributed by atoms with Crippen LogP contribution in [0.2, 0.25) is 0 Å². The number of hydrogen-bond acceptors (Lipinski definition) is 1. The maximum absolute atomic E-state index is 6.14. The van der Waals surface area contributed by atoms with E-state index in [1.807, 2.05) is 0 Å². The van der Waals surface area contributed by atoms with Gasteiger partial charge in [-0.3, -0.25) is 0 Å². The lowest BCUT2D eigenvalue weighted by atomic mass is 9.83. The van der Waals surface area contributed by atoms with Gasteiger partial charge in [-0.25, -0.2) is 0 Å². The molecule has 0 spiro atoms. The zero-order valence-corrected chi connectivity index (χ0v) is 10.2. The summed E-state index contributed by atoms with van der Waals surface area (Å²) in [6.07, 6.45) is 2.52. The Hall–Kier alpha value is -0.820. The van der Waals surface area contributed by atoms with E-state index in [0.29, 0.717) is 5.41 Å². The molecule has 1 saturated carbocycles. The van der Waals surface area contributed by atoms with Crippen LogP contribution in [0.25, 0.3) is 0 Å². The van der Waals surface area contributed by atoms with Crippen molar-refractivity contribution in [2.24, 2.45) is 5.73 Å². The first-order valence-electron chi connectivity index (χ1n) is 5.81. The van der Waals surface area contributed by atoms with Gasteiger partial charge in [0.05, 0.1) is 0 Å². The molecule has 0 amide bonds. The number of nitrogens with two attached hydrogens (primary N) is 1. The van der Waals surface area contributed by atoms with Crippen molar-refractivity contribution in [3.05, 3.63) is 34.4 Å². The van der Waals surface area contributed by atoms with Gasteiger partial charge in [0.25, 0.3) is 0 Å². The van der Waals surface area contributed by atoms with Crippen molar-refractivity contribution < 1.29 is 0 Å². The Balaban J connectivity index is 2.54. The van der Waals surface area contributed by atoms with Crippen molar-refractivity contribution in [2.45, 2.75) is 52.0 Å².